The molecule has 2 nitrogen and oxygen atoms in total. The largest absolute Gasteiger partial charge is 0.394 e. The Morgan fingerprint density at radius 1 is 0.704 bits per heavy atom. The Morgan fingerprint density at radius 2 is 1.11 bits per heavy atom. The lowest BCUT2D eigenvalue weighted by atomic mass is 9.92. The summed E-state index contributed by atoms with van der Waals surface area (Å²) in [4.78, 5) is 2.47. The van der Waals surface area contributed by atoms with Gasteiger partial charge in [-0.25, -0.2) is 0 Å². The van der Waals surface area contributed by atoms with E-state index in [1.54, 1.807) is 0 Å². The number of nitrogens with zero attached hydrogens (tertiary/aromatic N) is 1. The number of benzene rings is 3. The Kier molecular flexibility index (Phi) is 6.80. The maximum absolute atomic E-state index is 10.4. The maximum Gasteiger partial charge on any atom is 0.0629 e. The summed E-state index contributed by atoms with van der Waals surface area (Å²) in [5, 5.41) is 10.4. The molecule has 0 fully saturated rings. The van der Waals surface area contributed by atoms with Gasteiger partial charge in [0.15, 0.2) is 0 Å². The molecule has 0 aliphatic rings. The molecule has 27 heavy (non-hydrogen) atoms. The zero-order valence-electron chi connectivity index (χ0n) is 16.2. The normalized spacial score (nSPS) is 13.7. The fourth-order valence-corrected chi connectivity index (χ4v) is 3.81. The molecule has 0 saturated heterocycles. The van der Waals surface area contributed by atoms with Crippen molar-refractivity contribution in [3.05, 3.63) is 108 Å². The van der Waals surface area contributed by atoms with E-state index in [1.807, 2.05) is 18.2 Å². The number of rotatable bonds is 8. The second-order valence-corrected chi connectivity index (χ2v) is 7.04. The molecule has 0 amide bonds. The number of aliphatic hydroxyl groups is 1. The monoisotopic (exact) mass is 359 g/mol. The molecule has 140 valence electrons. The Morgan fingerprint density at radius 3 is 1.48 bits per heavy atom. The van der Waals surface area contributed by atoms with Gasteiger partial charge in [-0.2, -0.15) is 0 Å². The van der Waals surface area contributed by atoms with Crippen molar-refractivity contribution in [1.82, 2.24) is 4.90 Å². The fourth-order valence-electron chi connectivity index (χ4n) is 3.81. The quantitative estimate of drug-likeness (QED) is 0.565. The Bertz CT molecular complexity index is 749. The van der Waals surface area contributed by atoms with Gasteiger partial charge in [-0.05, 0) is 30.0 Å². The minimum Gasteiger partial charge on any atom is -0.394 e. The van der Waals surface area contributed by atoms with Crippen LogP contribution in [0.1, 0.15) is 49.0 Å². The summed E-state index contributed by atoms with van der Waals surface area (Å²) in [6.45, 7) is 4.55. The summed E-state index contributed by atoms with van der Waals surface area (Å²) < 4.78 is 0. The van der Waals surface area contributed by atoms with Crippen molar-refractivity contribution >= 4 is 0 Å². The minimum atomic E-state index is -0.0634. The van der Waals surface area contributed by atoms with Gasteiger partial charge in [0.25, 0.3) is 0 Å². The molecule has 0 unspecified atom stereocenters. The second-order valence-electron chi connectivity index (χ2n) is 7.04. The molecule has 1 N–H and O–H groups in total. The Hall–Kier alpha value is -2.42. The molecule has 0 aromatic heterocycles. The van der Waals surface area contributed by atoms with Crippen molar-refractivity contribution in [2.24, 2.45) is 0 Å². The van der Waals surface area contributed by atoms with Gasteiger partial charge in [-0.1, -0.05) is 97.9 Å². The summed E-state index contributed by atoms with van der Waals surface area (Å²) in [6.07, 6.45) is 1.01. The fraction of sp³-hybridized carbons (Fsp3) is 0.280. The van der Waals surface area contributed by atoms with Crippen LogP contribution in [-0.4, -0.2) is 22.7 Å². The molecule has 2 heteroatoms. The molecule has 0 spiro atoms. The van der Waals surface area contributed by atoms with Crippen LogP contribution in [0.3, 0.4) is 0 Å². The van der Waals surface area contributed by atoms with E-state index in [0.717, 1.165) is 12.0 Å². The standard InChI is InChI=1S/C25H29NO/c1-3-20(2)26(24(19-27)21-13-7-4-8-14-21)25(22-15-9-5-10-16-22)23-17-11-6-12-18-23/h4-18,20,24-25,27H,3,19H2,1-2H3/t20-,24+/m1/s1. The smallest absolute Gasteiger partial charge is 0.0629 e. The highest BCUT2D eigenvalue weighted by molar-refractivity contribution is 5.33. The Labute approximate surface area is 163 Å². The molecule has 0 heterocycles. The summed E-state index contributed by atoms with van der Waals surface area (Å²) >= 11 is 0. The third kappa shape index (κ3) is 4.47. The molecule has 0 bridgehead atoms. The van der Waals surface area contributed by atoms with E-state index in [2.05, 4.69) is 91.5 Å². The van der Waals surface area contributed by atoms with Crippen LogP contribution in [0.15, 0.2) is 91.0 Å². The van der Waals surface area contributed by atoms with Gasteiger partial charge >= 0.3 is 0 Å². The van der Waals surface area contributed by atoms with Crippen molar-refractivity contribution in [3.8, 4) is 0 Å². The molecule has 2 atom stereocenters. The molecule has 0 aliphatic carbocycles. The summed E-state index contributed by atoms with van der Waals surface area (Å²) in [5.74, 6) is 0. The van der Waals surface area contributed by atoms with Gasteiger partial charge in [-0.15, -0.1) is 0 Å². The van der Waals surface area contributed by atoms with Crippen molar-refractivity contribution in [2.45, 2.75) is 38.4 Å². The number of aliphatic hydroxyl groups excluding tert-OH is 1. The van der Waals surface area contributed by atoms with Crippen LogP contribution >= 0.6 is 0 Å². The predicted octanol–water partition coefficient (Wildman–Crippen LogP) is 5.61. The third-order valence-corrected chi connectivity index (χ3v) is 5.35. The van der Waals surface area contributed by atoms with Crippen molar-refractivity contribution < 1.29 is 5.11 Å². The molecular formula is C25H29NO. The van der Waals surface area contributed by atoms with Crippen LogP contribution in [0.25, 0.3) is 0 Å². The van der Waals surface area contributed by atoms with Crippen LogP contribution in [0.5, 0.6) is 0 Å². The highest BCUT2D eigenvalue weighted by Crippen LogP contribution is 2.37. The van der Waals surface area contributed by atoms with E-state index >= 15 is 0 Å². The summed E-state index contributed by atoms with van der Waals surface area (Å²) in [6, 6.07) is 31.9. The van der Waals surface area contributed by atoms with Crippen molar-refractivity contribution in [1.29, 1.82) is 0 Å². The van der Waals surface area contributed by atoms with E-state index in [9.17, 15) is 5.11 Å². The highest BCUT2D eigenvalue weighted by Gasteiger charge is 2.32. The van der Waals surface area contributed by atoms with Gasteiger partial charge in [-0.3, -0.25) is 4.90 Å². The van der Waals surface area contributed by atoms with Crippen LogP contribution in [0.4, 0.5) is 0 Å². The minimum absolute atomic E-state index is 0.0634. The zero-order chi connectivity index (χ0) is 19.1. The topological polar surface area (TPSA) is 23.5 Å². The third-order valence-electron chi connectivity index (χ3n) is 5.35. The molecule has 3 rings (SSSR count). The Balaban J connectivity index is 2.14. The van der Waals surface area contributed by atoms with Crippen molar-refractivity contribution in [2.75, 3.05) is 6.61 Å². The lowest BCUT2D eigenvalue weighted by Crippen LogP contribution is -2.41. The van der Waals surface area contributed by atoms with Gasteiger partial charge in [0.05, 0.1) is 18.7 Å². The second kappa shape index (κ2) is 9.50. The SMILES string of the molecule is CC[C@@H](C)N(C(c1ccccc1)c1ccccc1)[C@@H](CO)c1ccccc1. The van der Waals surface area contributed by atoms with Gasteiger partial charge in [0, 0.05) is 6.04 Å². The average Bonchev–Trinajstić information content (AvgIpc) is 2.75. The summed E-state index contributed by atoms with van der Waals surface area (Å²) in [7, 11) is 0. The number of hydrogen-bond acceptors (Lipinski definition) is 2. The predicted molar refractivity (Wildman–Crippen MR) is 113 cm³/mol. The first kappa shape index (κ1) is 19.3. The van der Waals surface area contributed by atoms with Gasteiger partial charge in [0.2, 0.25) is 0 Å². The zero-order valence-corrected chi connectivity index (χ0v) is 16.2. The molecule has 0 saturated carbocycles. The van der Waals surface area contributed by atoms with E-state index in [0.29, 0.717) is 6.04 Å². The molecule has 0 radical (unpaired) electrons. The first-order valence-electron chi connectivity index (χ1n) is 9.79. The van der Waals surface area contributed by atoms with Crippen LogP contribution in [0, 0.1) is 0 Å². The van der Waals surface area contributed by atoms with Crippen LogP contribution in [0.2, 0.25) is 0 Å². The van der Waals surface area contributed by atoms with Crippen molar-refractivity contribution in [3.63, 3.8) is 0 Å². The van der Waals surface area contributed by atoms with Crippen LogP contribution in [-0.2, 0) is 0 Å². The van der Waals surface area contributed by atoms with E-state index in [-0.39, 0.29) is 18.7 Å². The van der Waals surface area contributed by atoms with E-state index in [4.69, 9.17) is 0 Å². The first-order valence-corrected chi connectivity index (χ1v) is 9.79. The summed E-state index contributed by atoms with van der Waals surface area (Å²) in [5.41, 5.74) is 3.65. The number of hydrogen-bond donors (Lipinski definition) is 1. The molecule has 3 aromatic rings. The lowest BCUT2D eigenvalue weighted by molar-refractivity contribution is 0.0593. The first-order chi connectivity index (χ1) is 13.3. The van der Waals surface area contributed by atoms with Gasteiger partial charge < -0.3 is 5.11 Å². The molecular weight excluding hydrogens is 330 g/mol. The van der Waals surface area contributed by atoms with E-state index in [1.165, 1.54) is 11.1 Å². The molecule has 0 aliphatic heterocycles. The van der Waals surface area contributed by atoms with Crippen LogP contribution < -0.4 is 0 Å². The maximum atomic E-state index is 10.4. The van der Waals surface area contributed by atoms with E-state index < -0.39 is 0 Å². The lowest BCUT2D eigenvalue weighted by Gasteiger charge is -2.42. The highest BCUT2D eigenvalue weighted by atomic mass is 16.3. The van der Waals surface area contributed by atoms with Gasteiger partial charge in [0.1, 0.15) is 0 Å². The average molecular weight is 360 g/mol. The molecule has 3 aromatic carbocycles.